The van der Waals surface area contributed by atoms with Crippen molar-refractivity contribution in [1.82, 2.24) is 0 Å². The summed E-state index contributed by atoms with van der Waals surface area (Å²) in [5.41, 5.74) is 5.32. The van der Waals surface area contributed by atoms with Gasteiger partial charge < -0.3 is 10.5 Å². The first-order valence-corrected chi connectivity index (χ1v) is 6.41. The van der Waals surface area contributed by atoms with E-state index in [1.54, 1.807) is 12.1 Å². The maximum atomic E-state index is 13.4. The van der Waals surface area contributed by atoms with Crippen molar-refractivity contribution in [2.75, 3.05) is 6.61 Å². The zero-order valence-corrected chi connectivity index (χ0v) is 12.2. The number of hydrogen-bond acceptors (Lipinski definition) is 2. The highest BCUT2D eigenvalue weighted by atomic mass is 79.9. The standard InChI is InChI=1S/C12H15BrFNOS/c1-12(2,11(15)17)5-6-16-10-4-3-8(13)7-9(10)14/h3-4,7H,5-6H2,1-2H3,(H2,15,17). The Hall–Kier alpha value is -0.680. The lowest BCUT2D eigenvalue weighted by atomic mass is 9.90. The van der Waals surface area contributed by atoms with Crippen molar-refractivity contribution in [2.45, 2.75) is 20.3 Å². The maximum absolute atomic E-state index is 13.4. The summed E-state index contributed by atoms with van der Waals surface area (Å²) in [7, 11) is 0. The van der Waals surface area contributed by atoms with E-state index in [0.29, 0.717) is 22.5 Å². The molecule has 2 nitrogen and oxygen atoms in total. The van der Waals surface area contributed by atoms with E-state index in [1.807, 2.05) is 13.8 Å². The Bertz CT molecular complexity index is 423. The van der Waals surface area contributed by atoms with Gasteiger partial charge in [0.05, 0.1) is 11.6 Å². The van der Waals surface area contributed by atoms with Gasteiger partial charge in [-0.2, -0.15) is 0 Å². The molecular weight excluding hydrogens is 305 g/mol. The highest BCUT2D eigenvalue weighted by molar-refractivity contribution is 9.10. The molecule has 2 N–H and O–H groups in total. The normalized spacial score (nSPS) is 11.3. The van der Waals surface area contributed by atoms with Crippen LogP contribution in [0.15, 0.2) is 22.7 Å². The third-order valence-electron chi connectivity index (χ3n) is 2.55. The topological polar surface area (TPSA) is 35.2 Å². The number of hydrogen-bond donors (Lipinski definition) is 1. The van der Waals surface area contributed by atoms with Gasteiger partial charge in [0.2, 0.25) is 0 Å². The summed E-state index contributed by atoms with van der Waals surface area (Å²) in [5, 5.41) is 0. The van der Waals surface area contributed by atoms with Crippen LogP contribution in [-0.2, 0) is 0 Å². The second-order valence-electron chi connectivity index (χ2n) is 4.42. The van der Waals surface area contributed by atoms with Crippen LogP contribution in [0.4, 0.5) is 4.39 Å². The van der Waals surface area contributed by atoms with Gasteiger partial charge in [0.15, 0.2) is 11.6 Å². The lowest BCUT2D eigenvalue weighted by Gasteiger charge is -2.22. The number of thiocarbonyl (C=S) groups is 1. The van der Waals surface area contributed by atoms with E-state index in [4.69, 9.17) is 22.7 Å². The van der Waals surface area contributed by atoms with Crippen LogP contribution in [0.5, 0.6) is 5.75 Å². The molecule has 0 unspecified atom stereocenters. The van der Waals surface area contributed by atoms with Crippen LogP contribution < -0.4 is 10.5 Å². The second-order valence-corrected chi connectivity index (χ2v) is 5.78. The Balaban J connectivity index is 2.54. The summed E-state index contributed by atoms with van der Waals surface area (Å²) in [6.45, 7) is 4.26. The Morgan fingerprint density at radius 2 is 2.18 bits per heavy atom. The molecule has 0 spiro atoms. The fraction of sp³-hybridized carbons (Fsp3) is 0.417. The van der Waals surface area contributed by atoms with Crippen LogP contribution >= 0.6 is 28.1 Å². The van der Waals surface area contributed by atoms with E-state index in [9.17, 15) is 4.39 Å². The first-order chi connectivity index (χ1) is 7.83. The Labute approximate surface area is 114 Å². The molecule has 0 aliphatic carbocycles. The minimum absolute atomic E-state index is 0.243. The van der Waals surface area contributed by atoms with Gasteiger partial charge in [-0.3, -0.25) is 0 Å². The summed E-state index contributed by atoms with van der Waals surface area (Å²) < 4.78 is 19.5. The molecule has 0 saturated heterocycles. The maximum Gasteiger partial charge on any atom is 0.166 e. The average Bonchev–Trinajstić information content (AvgIpc) is 2.21. The second kappa shape index (κ2) is 5.78. The predicted octanol–water partition coefficient (Wildman–Crippen LogP) is 3.67. The number of ether oxygens (including phenoxy) is 1. The molecule has 0 heterocycles. The van der Waals surface area contributed by atoms with Crippen molar-refractivity contribution < 1.29 is 9.13 Å². The van der Waals surface area contributed by atoms with Crippen LogP contribution in [0.3, 0.4) is 0 Å². The van der Waals surface area contributed by atoms with Gasteiger partial charge in [0, 0.05) is 9.89 Å². The molecular formula is C12H15BrFNOS. The van der Waals surface area contributed by atoms with Gasteiger partial charge in [-0.25, -0.2) is 4.39 Å². The molecule has 0 aliphatic heterocycles. The molecule has 0 bridgehead atoms. The Kier molecular flexibility index (Phi) is 4.89. The Morgan fingerprint density at radius 3 is 2.71 bits per heavy atom. The average molecular weight is 320 g/mol. The first kappa shape index (κ1) is 14.4. The van der Waals surface area contributed by atoms with Gasteiger partial charge in [0.1, 0.15) is 0 Å². The van der Waals surface area contributed by atoms with Gasteiger partial charge >= 0.3 is 0 Å². The lowest BCUT2D eigenvalue weighted by molar-refractivity contribution is 0.260. The zero-order valence-electron chi connectivity index (χ0n) is 9.80. The number of nitrogens with two attached hydrogens (primary N) is 1. The first-order valence-electron chi connectivity index (χ1n) is 5.21. The summed E-state index contributed by atoms with van der Waals surface area (Å²) in [5.74, 6) is -0.139. The molecule has 17 heavy (non-hydrogen) atoms. The van der Waals surface area contributed by atoms with E-state index < -0.39 is 0 Å². The third-order valence-corrected chi connectivity index (χ3v) is 3.59. The van der Waals surface area contributed by atoms with Crippen molar-refractivity contribution in [1.29, 1.82) is 0 Å². The molecule has 94 valence electrons. The highest BCUT2D eigenvalue weighted by Gasteiger charge is 2.21. The highest BCUT2D eigenvalue weighted by Crippen LogP contribution is 2.24. The van der Waals surface area contributed by atoms with Crippen LogP contribution in [0.25, 0.3) is 0 Å². The fourth-order valence-corrected chi connectivity index (χ4v) is 1.57. The minimum atomic E-state index is -0.382. The largest absolute Gasteiger partial charge is 0.490 e. The quantitative estimate of drug-likeness (QED) is 0.841. The number of rotatable bonds is 5. The van der Waals surface area contributed by atoms with Crippen molar-refractivity contribution in [3.63, 3.8) is 0 Å². The van der Waals surface area contributed by atoms with Gasteiger partial charge in [-0.05, 0) is 24.6 Å². The lowest BCUT2D eigenvalue weighted by Crippen LogP contribution is -2.31. The van der Waals surface area contributed by atoms with E-state index in [2.05, 4.69) is 15.9 Å². The molecule has 0 amide bonds. The number of benzene rings is 1. The molecule has 0 aromatic heterocycles. The molecule has 1 rings (SSSR count). The summed E-state index contributed by atoms with van der Waals surface area (Å²) in [6.07, 6.45) is 0.651. The molecule has 0 atom stereocenters. The zero-order chi connectivity index (χ0) is 13.1. The smallest absolute Gasteiger partial charge is 0.166 e. The predicted molar refractivity (Wildman–Crippen MR) is 74.8 cm³/mol. The van der Waals surface area contributed by atoms with Gasteiger partial charge in [-0.15, -0.1) is 0 Å². The minimum Gasteiger partial charge on any atom is -0.490 e. The van der Waals surface area contributed by atoms with E-state index in [0.717, 1.165) is 0 Å². The van der Waals surface area contributed by atoms with Crippen molar-refractivity contribution in [3.8, 4) is 5.75 Å². The van der Waals surface area contributed by atoms with E-state index in [1.165, 1.54) is 6.07 Å². The monoisotopic (exact) mass is 319 g/mol. The van der Waals surface area contributed by atoms with Crippen molar-refractivity contribution in [2.24, 2.45) is 11.1 Å². The van der Waals surface area contributed by atoms with E-state index in [-0.39, 0.29) is 17.0 Å². The van der Waals surface area contributed by atoms with Crippen LogP contribution in [0.1, 0.15) is 20.3 Å². The Morgan fingerprint density at radius 1 is 1.53 bits per heavy atom. The molecule has 0 radical (unpaired) electrons. The molecule has 1 aromatic carbocycles. The SMILES string of the molecule is CC(C)(CCOc1ccc(Br)cc1F)C(N)=S. The van der Waals surface area contributed by atoms with Crippen molar-refractivity contribution in [3.05, 3.63) is 28.5 Å². The summed E-state index contributed by atoms with van der Waals surface area (Å²) in [6, 6.07) is 4.69. The molecule has 5 heteroatoms. The van der Waals surface area contributed by atoms with Gasteiger partial charge in [-0.1, -0.05) is 42.0 Å². The molecule has 0 aliphatic rings. The van der Waals surface area contributed by atoms with Crippen LogP contribution in [0.2, 0.25) is 0 Å². The summed E-state index contributed by atoms with van der Waals surface area (Å²) in [4.78, 5) is 0.442. The summed E-state index contributed by atoms with van der Waals surface area (Å²) >= 11 is 8.13. The fourth-order valence-electron chi connectivity index (χ4n) is 1.13. The van der Waals surface area contributed by atoms with Crippen molar-refractivity contribution >= 4 is 33.1 Å². The molecule has 0 fully saturated rings. The van der Waals surface area contributed by atoms with Gasteiger partial charge in [0.25, 0.3) is 0 Å². The molecule has 0 saturated carbocycles. The van der Waals surface area contributed by atoms with Crippen LogP contribution in [0, 0.1) is 11.2 Å². The van der Waals surface area contributed by atoms with E-state index >= 15 is 0 Å². The van der Waals surface area contributed by atoms with Crippen LogP contribution in [-0.4, -0.2) is 11.6 Å². The number of halogens is 2. The third kappa shape index (κ3) is 4.24. The molecule has 1 aromatic rings.